The van der Waals surface area contributed by atoms with Gasteiger partial charge in [0.1, 0.15) is 0 Å². The average molecular weight is 802 g/mol. The van der Waals surface area contributed by atoms with Crippen LogP contribution in [0.2, 0.25) is 0 Å². The van der Waals surface area contributed by atoms with E-state index in [9.17, 15) is 0 Å². The van der Waals surface area contributed by atoms with Crippen molar-refractivity contribution in [3.63, 3.8) is 0 Å². The van der Waals surface area contributed by atoms with Crippen LogP contribution in [-0.4, -0.2) is 0 Å². The Morgan fingerprint density at radius 2 is 0.571 bits per heavy atom. The van der Waals surface area contributed by atoms with Gasteiger partial charge in [0.15, 0.2) is 0 Å². The first-order valence-corrected chi connectivity index (χ1v) is 21.7. The van der Waals surface area contributed by atoms with Crippen LogP contribution in [0, 0.1) is 0 Å². The summed E-state index contributed by atoms with van der Waals surface area (Å²) in [7, 11) is 0. The molecule has 0 aromatic heterocycles. The molecule has 0 heterocycles. The summed E-state index contributed by atoms with van der Waals surface area (Å²) in [6, 6.07) is 94.8. The van der Waals surface area contributed by atoms with Crippen LogP contribution in [0.25, 0.3) is 88.3 Å². The third-order valence-corrected chi connectivity index (χ3v) is 12.3. The fraction of sp³-hybridized carbons (Fsp3) is 0. The smallest absolute Gasteiger partial charge is 0.0546 e. The molecular weight excluding hydrogens is 759 g/mol. The van der Waals surface area contributed by atoms with Crippen molar-refractivity contribution in [2.75, 3.05) is 4.90 Å². The Morgan fingerprint density at radius 1 is 0.222 bits per heavy atom. The SMILES string of the molecule is c1ccc(-c2ccc(N(c3ccc(-c4ccccc4)c(-c4ccccc4)c3)c3cccc4c3c(-c3ccccc3)c(-c3ccccc3)c3ccccc34)cc2-c2ccccc2)cc1. The van der Waals surface area contributed by atoms with Gasteiger partial charge in [0.05, 0.1) is 5.69 Å². The van der Waals surface area contributed by atoms with Crippen molar-refractivity contribution in [1.82, 2.24) is 0 Å². The van der Waals surface area contributed by atoms with Crippen LogP contribution in [0.1, 0.15) is 0 Å². The fourth-order valence-electron chi connectivity index (χ4n) is 9.43. The van der Waals surface area contributed by atoms with Gasteiger partial charge in [-0.3, -0.25) is 0 Å². The number of hydrogen-bond donors (Lipinski definition) is 0. The molecule has 0 aliphatic heterocycles. The van der Waals surface area contributed by atoms with Gasteiger partial charge in [-0.05, 0) is 108 Å². The van der Waals surface area contributed by atoms with Crippen LogP contribution < -0.4 is 4.90 Å². The van der Waals surface area contributed by atoms with E-state index in [2.05, 4.69) is 266 Å². The van der Waals surface area contributed by atoms with Crippen LogP contribution in [0.5, 0.6) is 0 Å². The highest BCUT2D eigenvalue weighted by Crippen LogP contribution is 2.51. The summed E-state index contributed by atoms with van der Waals surface area (Å²) in [5, 5.41) is 4.86. The van der Waals surface area contributed by atoms with E-state index in [1.54, 1.807) is 0 Å². The molecule has 0 aliphatic carbocycles. The van der Waals surface area contributed by atoms with E-state index in [4.69, 9.17) is 0 Å². The Kier molecular flexibility index (Phi) is 9.97. The monoisotopic (exact) mass is 801 g/mol. The molecule has 1 heteroatoms. The van der Waals surface area contributed by atoms with Gasteiger partial charge in [-0.15, -0.1) is 0 Å². The molecule has 11 aromatic rings. The zero-order chi connectivity index (χ0) is 42.0. The maximum absolute atomic E-state index is 2.50. The minimum absolute atomic E-state index is 1.07. The molecule has 0 saturated carbocycles. The van der Waals surface area contributed by atoms with E-state index in [-0.39, 0.29) is 0 Å². The molecule has 0 amide bonds. The first-order chi connectivity index (χ1) is 31.3. The maximum Gasteiger partial charge on any atom is 0.0546 e. The molecule has 0 N–H and O–H groups in total. The average Bonchev–Trinajstić information content (AvgIpc) is 3.37. The van der Waals surface area contributed by atoms with Crippen molar-refractivity contribution < 1.29 is 0 Å². The van der Waals surface area contributed by atoms with E-state index in [1.807, 2.05) is 0 Å². The summed E-state index contributed by atoms with van der Waals surface area (Å²) in [5.74, 6) is 0. The van der Waals surface area contributed by atoms with Gasteiger partial charge in [-0.25, -0.2) is 0 Å². The number of fused-ring (bicyclic) bond motifs is 3. The van der Waals surface area contributed by atoms with Crippen molar-refractivity contribution in [1.29, 1.82) is 0 Å². The lowest BCUT2D eigenvalue weighted by molar-refractivity contribution is 1.30. The Hall–Kier alpha value is -8.26. The Labute approximate surface area is 369 Å². The van der Waals surface area contributed by atoms with Crippen molar-refractivity contribution >= 4 is 38.6 Å². The number of nitrogens with zero attached hydrogens (tertiary/aromatic N) is 1. The van der Waals surface area contributed by atoms with E-state index < -0.39 is 0 Å². The van der Waals surface area contributed by atoms with Crippen molar-refractivity contribution in [2.45, 2.75) is 0 Å². The standard InChI is InChI=1S/C62H43N/c1-7-22-44(23-8-1)52-40-38-50(42-57(52)46-26-11-3-12-27-46)63(51-39-41-53(45-24-9-2-10-25-45)58(43-51)47-28-13-4-14-29-47)59-37-21-36-56-54-34-19-20-35-55(54)60(48-30-15-5-16-31-48)61(62(56)59)49-32-17-6-18-33-49/h1-43H. The first-order valence-electron chi connectivity index (χ1n) is 21.7. The van der Waals surface area contributed by atoms with Gasteiger partial charge < -0.3 is 4.90 Å². The summed E-state index contributed by atoms with van der Waals surface area (Å²) in [6.07, 6.45) is 0. The predicted molar refractivity (Wildman–Crippen MR) is 269 cm³/mol. The van der Waals surface area contributed by atoms with Gasteiger partial charge in [-0.2, -0.15) is 0 Å². The Morgan fingerprint density at radius 3 is 1.02 bits per heavy atom. The lowest BCUT2D eigenvalue weighted by Gasteiger charge is -2.31. The van der Waals surface area contributed by atoms with E-state index in [0.717, 1.165) is 17.1 Å². The van der Waals surface area contributed by atoms with E-state index >= 15 is 0 Å². The number of hydrogen-bond acceptors (Lipinski definition) is 1. The third kappa shape index (κ3) is 7.06. The molecule has 0 unspecified atom stereocenters. The molecule has 296 valence electrons. The summed E-state index contributed by atoms with van der Waals surface area (Å²) in [6.45, 7) is 0. The molecular formula is C62H43N. The second kappa shape index (κ2) is 16.7. The molecule has 63 heavy (non-hydrogen) atoms. The van der Waals surface area contributed by atoms with Crippen LogP contribution in [0.3, 0.4) is 0 Å². The van der Waals surface area contributed by atoms with Crippen LogP contribution in [0.4, 0.5) is 17.1 Å². The molecule has 0 radical (unpaired) electrons. The third-order valence-electron chi connectivity index (χ3n) is 12.3. The van der Waals surface area contributed by atoms with Crippen LogP contribution in [-0.2, 0) is 0 Å². The van der Waals surface area contributed by atoms with E-state index in [0.29, 0.717) is 0 Å². The summed E-state index contributed by atoms with van der Waals surface area (Å²) in [4.78, 5) is 2.50. The molecule has 1 nitrogen and oxygen atoms in total. The second-order valence-corrected chi connectivity index (χ2v) is 16.0. The molecule has 0 spiro atoms. The van der Waals surface area contributed by atoms with Gasteiger partial charge in [0, 0.05) is 22.3 Å². The molecule has 0 atom stereocenters. The van der Waals surface area contributed by atoms with Gasteiger partial charge in [0.2, 0.25) is 0 Å². The number of benzene rings is 11. The Bertz CT molecular complexity index is 3220. The quantitative estimate of drug-likeness (QED) is 0.131. The molecule has 0 bridgehead atoms. The summed E-state index contributed by atoms with van der Waals surface area (Å²) >= 11 is 0. The molecule has 0 aliphatic rings. The number of rotatable bonds is 9. The molecule has 0 saturated heterocycles. The van der Waals surface area contributed by atoms with Gasteiger partial charge in [0.25, 0.3) is 0 Å². The fourth-order valence-corrected chi connectivity index (χ4v) is 9.43. The number of anilines is 3. The summed E-state index contributed by atoms with van der Waals surface area (Å²) in [5.41, 5.74) is 17.5. The van der Waals surface area contributed by atoms with Crippen molar-refractivity contribution in [3.8, 4) is 66.8 Å². The van der Waals surface area contributed by atoms with Crippen LogP contribution >= 0.6 is 0 Å². The van der Waals surface area contributed by atoms with Crippen molar-refractivity contribution in [2.24, 2.45) is 0 Å². The predicted octanol–water partition coefficient (Wildman–Crippen LogP) is 17.5. The minimum atomic E-state index is 1.07. The zero-order valence-electron chi connectivity index (χ0n) is 34.8. The largest absolute Gasteiger partial charge is 0.310 e. The Balaban J connectivity index is 1.28. The van der Waals surface area contributed by atoms with Gasteiger partial charge >= 0.3 is 0 Å². The highest BCUT2D eigenvalue weighted by atomic mass is 15.1. The zero-order valence-corrected chi connectivity index (χ0v) is 34.8. The molecule has 0 fully saturated rings. The lowest BCUT2D eigenvalue weighted by Crippen LogP contribution is -2.12. The van der Waals surface area contributed by atoms with Gasteiger partial charge in [-0.1, -0.05) is 231 Å². The normalized spacial score (nSPS) is 11.2. The van der Waals surface area contributed by atoms with E-state index in [1.165, 1.54) is 88.3 Å². The highest BCUT2D eigenvalue weighted by Gasteiger charge is 2.25. The minimum Gasteiger partial charge on any atom is -0.310 e. The topological polar surface area (TPSA) is 3.24 Å². The molecule has 11 aromatic carbocycles. The summed E-state index contributed by atoms with van der Waals surface area (Å²) < 4.78 is 0. The second-order valence-electron chi connectivity index (χ2n) is 16.0. The molecule has 11 rings (SSSR count). The van der Waals surface area contributed by atoms with Crippen LogP contribution in [0.15, 0.2) is 261 Å². The maximum atomic E-state index is 2.50. The lowest BCUT2D eigenvalue weighted by atomic mass is 9.84. The first kappa shape index (κ1) is 37.7. The van der Waals surface area contributed by atoms with Crippen molar-refractivity contribution in [3.05, 3.63) is 261 Å². The highest BCUT2D eigenvalue weighted by molar-refractivity contribution is 6.25.